The number of halogens is 1. The van der Waals surface area contributed by atoms with Crippen LogP contribution in [0.1, 0.15) is 18.1 Å². The molecule has 3 heteroatoms. The Morgan fingerprint density at radius 1 is 1.40 bits per heavy atom. The monoisotopic (exact) mass is 268 g/mol. The molecule has 1 aromatic carbocycles. The van der Waals surface area contributed by atoms with Crippen LogP contribution in [0.4, 0.5) is 0 Å². The van der Waals surface area contributed by atoms with Gasteiger partial charge in [0.2, 0.25) is 0 Å². The second-order valence-electron chi connectivity index (χ2n) is 3.12. The summed E-state index contributed by atoms with van der Waals surface area (Å²) in [4.78, 5) is 11.3. The Morgan fingerprint density at radius 3 is 2.53 bits per heavy atom. The highest BCUT2D eigenvalue weighted by atomic mass is 79.9. The lowest BCUT2D eigenvalue weighted by atomic mass is 10.1. The van der Waals surface area contributed by atoms with Crippen LogP contribution < -0.4 is 0 Å². The van der Waals surface area contributed by atoms with E-state index >= 15 is 0 Å². The second kappa shape index (κ2) is 5.71. The predicted molar refractivity (Wildman–Crippen MR) is 64.7 cm³/mol. The van der Waals surface area contributed by atoms with E-state index in [-0.39, 0.29) is 5.97 Å². The fourth-order valence-electron chi connectivity index (χ4n) is 1.07. The minimum absolute atomic E-state index is 0.335. The van der Waals surface area contributed by atoms with E-state index in [4.69, 9.17) is 4.74 Å². The Bertz CT molecular complexity index is 366. The molecule has 0 aliphatic heterocycles. The average molecular weight is 269 g/mol. The zero-order valence-electron chi connectivity index (χ0n) is 8.79. The van der Waals surface area contributed by atoms with Gasteiger partial charge in [0, 0.05) is 0 Å². The van der Waals surface area contributed by atoms with Crippen molar-refractivity contribution < 1.29 is 9.53 Å². The highest BCUT2D eigenvalue weighted by Crippen LogP contribution is 2.14. The van der Waals surface area contributed by atoms with E-state index in [2.05, 4.69) is 15.9 Å². The summed E-state index contributed by atoms with van der Waals surface area (Å²) in [6, 6.07) is 7.90. The van der Waals surface area contributed by atoms with Crippen molar-refractivity contribution in [2.75, 3.05) is 6.61 Å². The second-order valence-corrected chi connectivity index (χ2v) is 3.98. The van der Waals surface area contributed by atoms with Gasteiger partial charge in [-0.25, -0.2) is 4.79 Å². The maximum atomic E-state index is 11.3. The quantitative estimate of drug-likeness (QED) is 0.621. The summed E-state index contributed by atoms with van der Waals surface area (Å²) in [6.07, 6.45) is 1.75. The highest BCUT2D eigenvalue weighted by molar-refractivity contribution is 9.12. The van der Waals surface area contributed by atoms with Gasteiger partial charge in [0.15, 0.2) is 0 Å². The molecule has 0 spiro atoms. The number of aryl methyl sites for hydroxylation is 1. The maximum absolute atomic E-state index is 11.3. The first-order chi connectivity index (χ1) is 7.13. The molecule has 0 amide bonds. The summed E-state index contributed by atoms with van der Waals surface area (Å²) in [7, 11) is 0. The van der Waals surface area contributed by atoms with Crippen molar-refractivity contribution in [3.63, 3.8) is 0 Å². The van der Waals surface area contributed by atoms with Crippen molar-refractivity contribution >= 4 is 28.0 Å². The minimum Gasteiger partial charge on any atom is -0.462 e. The van der Waals surface area contributed by atoms with Gasteiger partial charge in [-0.05, 0) is 41.4 Å². The van der Waals surface area contributed by atoms with Crippen molar-refractivity contribution in [2.45, 2.75) is 13.8 Å². The third-order valence-corrected chi connectivity index (χ3v) is 2.39. The van der Waals surface area contributed by atoms with Crippen molar-refractivity contribution in [3.05, 3.63) is 39.9 Å². The van der Waals surface area contributed by atoms with Crippen molar-refractivity contribution in [1.82, 2.24) is 0 Å². The van der Waals surface area contributed by atoms with Gasteiger partial charge in [-0.1, -0.05) is 29.8 Å². The zero-order chi connectivity index (χ0) is 11.3. The average Bonchev–Trinajstić information content (AvgIpc) is 2.22. The van der Waals surface area contributed by atoms with Crippen LogP contribution in [-0.2, 0) is 9.53 Å². The molecule has 0 bridgehead atoms. The summed E-state index contributed by atoms with van der Waals surface area (Å²) in [5, 5.41) is 0. The fourth-order valence-corrected chi connectivity index (χ4v) is 1.45. The molecule has 0 radical (unpaired) electrons. The van der Waals surface area contributed by atoms with Crippen LogP contribution in [0.25, 0.3) is 6.08 Å². The van der Waals surface area contributed by atoms with Crippen LogP contribution in [0.3, 0.4) is 0 Å². The van der Waals surface area contributed by atoms with Crippen molar-refractivity contribution in [3.8, 4) is 0 Å². The van der Waals surface area contributed by atoms with Gasteiger partial charge in [0.1, 0.15) is 4.48 Å². The molecule has 0 aromatic heterocycles. The van der Waals surface area contributed by atoms with Gasteiger partial charge in [-0.3, -0.25) is 0 Å². The Kier molecular flexibility index (Phi) is 4.56. The summed E-state index contributed by atoms with van der Waals surface area (Å²) >= 11 is 3.19. The van der Waals surface area contributed by atoms with E-state index in [0.717, 1.165) is 5.56 Å². The molecule has 0 atom stereocenters. The molecular weight excluding hydrogens is 256 g/mol. The van der Waals surface area contributed by atoms with E-state index in [1.54, 1.807) is 13.0 Å². The number of hydrogen-bond acceptors (Lipinski definition) is 2. The van der Waals surface area contributed by atoms with Crippen molar-refractivity contribution in [2.24, 2.45) is 0 Å². The van der Waals surface area contributed by atoms with E-state index < -0.39 is 0 Å². The molecule has 1 rings (SSSR count). The van der Waals surface area contributed by atoms with Crippen LogP contribution in [0.2, 0.25) is 0 Å². The lowest BCUT2D eigenvalue weighted by Crippen LogP contribution is -2.02. The summed E-state index contributed by atoms with van der Waals surface area (Å²) < 4.78 is 5.28. The Morgan fingerprint density at radius 2 is 2.00 bits per heavy atom. The summed E-state index contributed by atoms with van der Waals surface area (Å²) in [5.41, 5.74) is 2.17. The molecule has 0 heterocycles. The number of carbonyl (C=O) groups is 1. The van der Waals surface area contributed by atoms with Gasteiger partial charge in [0.25, 0.3) is 0 Å². The van der Waals surface area contributed by atoms with Crippen LogP contribution in [0, 0.1) is 6.92 Å². The normalized spacial score (nSPS) is 11.3. The highest BCUT2D eigenvalue weighted by Gasteiger charge is 2.05. The van der Waals surface area contributed by atoms with Gasteiger partial charge in [0.05, 0.1) is 6.61 Å². The first-order valence-electron chi connectivity index (χ1n) is 4.74. The molecule has 0 saturated heterocycles. The van der Waals surface area contributed by atoms with Gasteiger partial charge >= 0.3 is 5.97 Å². The topological polar surface area (TPSA) is 26.3 Å². The number of hydrogen-bond donors (Lipinski definition) is 0. The molecule has 0 fully saturated rings. The molecule has 0 saturated carbocycles. The molecule has 80 valence electrons. The van der Waals surface area contributed by atoms with Crippen LogP contribution in [0.15, 0.2) is 28.7 Å². The fraction of sp³-hybridized carbons (Fsp3) is 0.250. The van der Waals surface area contributed by atoms with Crippen LogP contribution in [0.5, 0.6) is 0 Å². The molecule has 0 unspecified atom stereocenters. The Hall–Kier alpha value is -1.09. The van der Waals surface area contributed by atoms with E-state index in [0.29, 0.717) is 11.1 Å². The molecule has 0 aliphatic rings. The third-order valence-electron chi connectivity index (χ3n) is 1.84. The molecule has 15 heavy (non-hydrogen) atoms. The largest absolute Gasteiger partial charge is 0.462 e. The molecular formula is C12H13BrO2. The van der Waals surface area contributed by atoms with Crippen molar-refractivity contribution in [1.29, 1.82) is 0 Å². The first kappa shape index (κ1) is 12.0. The molecule has 0 aliphatic carbocycles. The molecule has 2 nitrogen and oxygen atoms in total. The molecule has 0 N–H and O–H groups in total. The number of esters is 1. The lowest BCUT2D eigenvalue weighted by Gasteiger charge is -2.00. The van der Waals surface area contributed by atoms with Crippen LogP contribution >= 0.6 is 15.9 Å². The van der Waals surface area contributed by atoms with E-state index in [1.807, 2.05) is 31.2 Å². The smallest absolute Gasteiger partial charge is 0.345 e. The number of benzene rings is 1. The SMILES string of the molecule is CCOC(=O)/C(Br)=C\c1ccc(C)cc1. The van der Waals surface area contributed by atoms with Gasteiger partial charge in [-0.15, -0.1) is 0 Å². The summed E-state index contributed by atoms with van der Waals surface area (Å²) in [6.45, 7) is 4.19. The van der Waals surface area contributed by atoms with Crippen LogP contribution in [-0.4, -0.2) is 12.6 Å². The van der Waals surface area contributed by atoms with E-state index in [9.17, 15) is 4.79 Å². The Labute approximate surface area is 98.1 Å². The van der Waals surface area contributed by atoms with Gasteiger partial charge in [-0.2, -0.15) is 0 Å². The zero-order valence-corrected chi connectivity index (χ0v) is 10.4. The summed E-state index contributed by atoms with van der Waals surface area (Å²) in [5.74, 6) is -0.335. The number of rotatable bonds is 3. The number of carbonyl (C=O) groups excluding carboxylic acids is 1. The Balaban J connectivity index is 2.78. The minimum atomic E-state index is -0.335. The van der Waals surface area contributed by atoms with E-state index in [1.165, 1.54) is 5.56 Å². The third kappa shape index (κ3) is 3.88. The number of ether oxygens (including phenoxy) is 1. The maximum Gasteiger partial charge on any atom is 0.345 e. The predicted octanol–water partition coefficient (Wildman–Crippen LogP) is 3.29. The molecule has 1 aromatic rings. The standard InChI is InChI=1S/C12H13BrO2/c1-3-15-12(14)11(13)8-10-6-4-9(2)5-7-10/h4-8H,3H2,1-2H3/b11-8+. The first-order valence-corrected chi connectivity index (χ1v) is 5.53. The van der Waals surface area contributed by atoms with Gasteiger partial charge < -0.3 is 4.74 Å². The lowest BCUT2D eigenvalue weighted by molar-refractivity contribution is -0.137.